The second kappa shape index (κ2) is 8.73. The van der Waals surface area contributed by atoms with Gasteiger partial charge in [-0.15, -0.1) is 0 Å². The van der Waals surface area contributed by atoms with Gasteiger partial charge in [-0.3, -0.25) is 4.55 Å². The predicted octanol–water partition coefficient (Wildman–Crippen LogP) is 3.68. The molecular formula is C17H11N2O6S4-. The van der Waals surface area contributed by atoms with E-state index in [0.717, 1.165) is 11.8 Å². The molecule has 2 aromatic carbocycles. The van der Waals surface area contributed by atoms with Crippen molar-refractivity contribution in [1.82, 2.24) is 0 Å². The molecule has 3 rings (SSSR count). The molecule has 0 saturated heterocycles. The Morgan fingerprint density at radius 1 is 1.28 bits per heavy atom. The van der Waals surface area contributed by atoms with Crippen LogP contribution in [0.1, 0.15) is 29.4 Å². The van der Waals surface area contributed by atoms with E-state index < -0.39 is 21.5 Å². The third-order valence-corrected chi connectivity index (χ3v) is 6.24. The number of thioether (sulfide) groups is 1. The van der Waals surface area contributed by atoms with E-state index in [2.05, 4.69) is 22.4 Å². The van der Waals surface area contributed by atoms with Crippen LogP contribution in [-0.2, 0) is 21.5 Å². The number of hydrogen-bond acceptors (Lipinski definition) is 9. The summed E-state index contributed by atoms with van der Waals surface area (Å²) in [5.74, 6) is -0.439. The predicted molar refractivity (Wildman–Crippen MR) is 109 cm³/mol. The lowest BCUT2D eigenvalue weighted by Gasteiger charge is -2.14. The van der Waals surface area contributed by atoms with E-state index in [9.17, 15) is 21.7 Å². The third kappa shape index (κ3) is 5.09. The molecule has 12 heteroatoms. The van der Waals surface area contributed by atoms with Gasteiger partial charge in [0.25, 0.3) is 10.1 Å². The minimum absolute atomic E-state index is 0.0708. The first-order valence-corrected chi connectivity index (χ1v) is 11.6. The second-order valence-electron chi connectivity index (χ2n) is 6.03. The summed E-state index contributed by atoms with van der Waals surface area (Å²) in [7, 11) is -4.52. The Morgan fingerprint density at radius 3 is 2.59 bits per heavy atom. The summed E-state index contributed by atoms with van der Waals surface area (Å²) in [6.07, 6.45) is 0.519. The van der Waals surface area contributed by atoms with Gasteiger partial charge in [0, 0.05) is 4.90 Å². The van der Waals surface area contributed by atoms with Gasteiger partial charge in [0.1, 0.15) is 22.5 Å². The van der Waals surface area contributed by atoms with Crippen LogP contribution < -0.4 is 4.18 Å². The van der Waals surface area contributed by atoms with E-state index in [1.54, 1.807) is 18.2 Å². The van der Waals surface area contributed by atoms with Gasteiger partial charge in [0.2, 0.25) is 0 Å². The standard InChI is InChI=1S/C17H12N2O6S4/c18-8-27-11-2-4-12(16(6-11)25-28(20)21)14-7-15(14)13-3-1-10(19-9-26)5-17(13)29(22,23)24/h1-6,14-15H,7H2,(H,20,21)(H,22,23,24)/p-1. The first kappa shape index (κ1) is 21.6. The smallest absolute Gasteiger partial charge is 0.294 e. The summed E-state index contributed by atoms with van der Waals surface area (Å²) in [5, 5.41) is 12.8. The number of thiocarbonyl (C=S) groups is 1. The second-order valence-corrected chi connectivity index (χ2v) is 9.03. The maximum atomic E-state index is 11.8. The van der Waals surface area contributed by atoms with Crippen molar-refractivity contribution in [3.8, 4) is 11.2 Å². The fourth-order valence-electron chi connectivity index (χ4n) is 3.14. The van der Waals surface area contributed by atoms with Crippen molar-refractivity contribution in [2.24, 2.45) is 4.99 Å². The van der Waals surface area contributed by atoms with Crippen molar-refractivity contribution in [3.63, 3.8) is 0 Å². The molecule has 0 aromatic heterocycles. The molecule has 3 atom stereocenters. The van der Waals surface area contributed by atoms with Crippen LogP contribution >= 0.6 is 24.0 Å². The summed E-state index contributed by atoms with van der Waals surface area (Å²) >= 11 is 2.55. The lowest BCUT2D eigenvalue weighted by molar-refractivity contribution is 0.437. The van der Waals surface area contributed by atoms with E-state index in [-0.39, 0.29) is 28.2 Å². The average molecular weight is 468 g/mol. The SMILES string of the molecule is N#CSc1ccc(C2CC2c2ccc(N=C=S)cc2S(=O)(=O)O)c(OS(=O)[O-])c1. The minimum Gasteiger partial charge on any atom is -0.740 e. The van der Waals surface area contributed by atoms with Gasteiger partial charge < -0.3 is 8.74 Å². The van der Waals surface area contributed by atoms with Gasteiger partial charge in [-0.2, -0.15) is 18.7 Å². The zero-order valence-corrected chi connectivity index (χ0v) is 17.6. The molecule has 0 radical (unpaired) electrons. The van der Waals surface area contributed by atoms with Crippen LogP contribution in [0.2, 0.25) is 0 Å². The van der Waals surface area contributed by atoms with Gasteiger partial charge in [0.15, 0.2) is 0 Å². The van der Waals surface area contributed by atoms with Crippen LogP contribution in [0.25, 0.3) is 0 Å². The zero-order chi connectivity index (χ0) is 21.2. The molecule has 8 nitrogen and oxygen atoms in total. The Balaban J connectivity index is 2.00. The van der Waals surface area contributed by atoms with Crippen LogP contribution in [0.5, 0.6) is 5.75 Å². The summed E-state index contributed by atoms with van der Waals surface area (Å²) in [5.41, 5.74) is 1.17. The molecule has 150 valence electrons. The molecular weight excluding hydrogens is 456 g/mol. The van der Waals surface area contributed by atoms with Crippen molar-refractivity contribution in [2.75, 3.05) is 0 Å². The van der Waals surface area contributed by atoms with Crippen LogP contribution in [0, 0.1) is 10.7 Å². The molecule has 0 spiro atoms. The zero-order valence-electron chi connectivity index (χ0n) is 14.3. The number of nitrogens with zero attached hydrogens (tertiary/aromatic N) is 2. The molecule has 0 amide bonds. The van der Waals surface area contributed by atoms with Crippen molar-refractivity contribution in [3.05, 3.63) is 47.5 Å². The van der Waals surface area contributed by atoms with Gasteiger partial charge in [-0.25, -0.2) is 4.21 Å². The molecule has 2 aromatic rings. The van der Waals surface area contributed by atoms with E-state index in [0.29, 0.717) is 22.4 Å². The Kier molecular flexibility index (Phi) is 6.50. The van der Waals surface area contributed by atoms with Crippen molar-refractivity contribution >= 4 is 56.3 Å². The molecule has 0 bridgehead atoms. The highest BCUT2D eigenvalue weighted by Crippen LogP contribution is 2.58. The van der Waals surface area contributed by atoms with E-state index in [4.69, 9.17) is 9.44 Å². The monoisotopic (exact) mass is 467 g/mol. The average Bonchev–Trinajstić information content (AvgIpc) is 3.41. The number of rotatable bonds is 7. The maximum Gasteiger partial charge on any atom is 0.294 e. The molecule has 0 aliphatic heterocycles. The molecule has 1 aliphatic rings. The molecule has 1 N–H and O–H groups in total. The minimum atomic E-state index is -4.52. The molecule has 3 unspecified atom stereocenters. The first-order chi connectivity index (χ1) is 13.7. The van der Waals surface area contributed by atoms with Gasteiger partial charge in [0.05, 0.1) is 15.7 Å². The highest BCUT2D eigenvalue weighted by Gasteiger charge is 2.43. The Hall–Kier alpha value is -2.10. The highest BCUT2D eigenvalue weighted by molar-refractivity contribution is 8.03. The Bertz CT molecular complexity index is 1180. The summed E-state index contributed by atoms with van der Waals surface area (Å²) in [4.78, 5) is 3.95. The highest BCUT2D eigenvalue weighted by atomic mass is 32.2. The lowest BCUT2D eigenvalue weighted by atomic mass is 10.0. The van der Waals surface area contributed by atoms with Gasteiger partial charge in [-0.05, 0) is 77.6 Å². The van der Waals surface area contributed by atoms with E-state index in [1.807, 2.05) is 5.40 Å². The van der Waals surface area contributed by atoms with Crippen LogP contribution in [-0.4, -0.2) is 26.9 Å². The number of thiocyanates is 1. The fraction of sp³-hybridized carbons (Fsp3) is 0.176. The van der Waals surface area contributed by atoms with Crippen LogP contribution in [0.15, 0.2) is 51.2 Å². The number of benzene rings is 2. The normalized spacial score (nSPS) is 18.9. The molecule has 1 aliphatic carbocycles. The number of nitriles is 1. The number of aliphatic imine (C=N–C) groups is 1. The molecule has 1 saturated carbocycles. The summed E-state index contributed by atoms with van der Waals surface area (Å²) in [6.45, 7) is 0. The van der Waals surface area contributed by atoms with Crippen molar-refractivity contribution in [2.45, 2.75) is 28.0 Å². The summed E-state index contributed by atoms with van der Waals surface area (Å²) < 4.78 is 60.2. The van der Waals surface area contributed by atoms with Crippen LogP contribution in [0.3, 0.4) is 0 Å². The lowest BCUT2D eigenvalue weighted by Crippen LogP contribution is -2.04. The third-order valence-electron chi connectivity index (χ3n) is 4.35. The first-order valence-electron chi connectivity index (χ1n) is 7.91. The topological polar surface area (TPSA) is 140 Å². The van der Waals surface area contributed by atoms with E-state index >= 15 is 0 Å². The Morgan fingerprint density at radius 2 is 1.97 bits per heavy atom. The van der Waals surface area contributed by atoms with E-state index in [1.165, 1.54) is 18.2 Å². The quantitative estimate of drug-likeness (QED) is 0.161. The van der Waals surface area contributed by atoms with Crippen molar-refractivity contribution in [1.29, 1.82) is 5.26 Å². The van der Waals surface area contributed by atoms with Gasteiger partial charge >= 0.3 is 0 Å². The van der Waals surface area contributed by atoms with Gasteiger partial charge in [-0.1, -0.05) is 12.1 Å². The fourth-order valence-corrected chi connectivity index (χ4v) is 4.73. The maximum absolute atomic E-state index is 11.8. The Labute approximate surface area is 178 Å². The molecule has 29 heavy (non-hydrogen) atoms. The van der Waals surface area contributed by atoms with Crippen LogP contribution in [0.4, 0.5) is 5.69 Å². The summed E-state index contributed by atoms with van der Waals surface area (Å²) in [6, 6.07) is 9.02. The number of isothiocyanates is 1. The largest absolute Gasteiger partial charge is 0.740 e. The molecule has 0 heterocycles. The number of hydrogen-bond donors (Lipinski definition) is 1. The van der Waals surface area contributed by atoms with Crippen molar-refractivity contribution < 1.29 is 25.9 Å². The molecule has 1 fully saturated rings.